The summed E-state index contributed by atoms with van der Waals surface area (Å²) in [6.07, 6.45) is 1.42. The van der Waals surface area contributed by atoms with Gasteiger partial charge in [0.05, 0.1) is 0 Å². The molecule has 0 aromatic heterocycles. The molecule has 4 nitrogen and oxygen atoms in total. The number of rotatable bonds is 6. The molecule has 0 aliphatic heterocycles. The van der Waals surface area contributed by atoms with Gasteiger partial charge in [-0.2, -0.15) is 0 Å². The fraction of sp³-hybridized carbons (Fsp3) is 0.316. The number of benzene rings is 2. The van der Waals surface area contributed by atoms with E-state index in [0.29, 0.717) is 19.7 Å². The van der Waals surface area contributed by atoms with E-state index < -0.39 is 0 Å². The first kappa shape index (κ1) is 15.6. The first-order chi connectivity index (χ1) is 11.3. The normalized spacial score (nSPS) is 12.6. The molecule has 1 amide bonds. The van der Waals surface area contributed by atoms with Crippen LogP contribution in [0.15, 0.2) is 48.5 Å². The van der Waals surface area contributed by atoms with Crippen LogP contribution in [0.5, 0.6) is 0 Å². The molecule has 1 aliphatic rings. The van der Waals surface area contributed by atoms with Crippen molar-refractivity contribution in [1.82, 2.24) is 5.32 Å². The lowest BCUT2D eigenvalue weighted by Gasteiger charge is -2.14. The highest BCUT2D eigenvalue weighted by Gasteiger charge is 2.28. The summed E-state index contributed by atoms with van der Waals surface area (Å²) in [5.74, 6) is 0.109. The number of fused-ring (bicyclic) bond motifs is 3. The zero-order chi connectivity index (χ0) is 16.1. The molecule has 0 atom stereocenters. The second-order valence-corrected chi connectivity index (χ2v) is 5.75. The van der Waals surface area contributed by atoms with Crippen molar-refractivity contribution in [3.8, 4) is 11.1 Å². The van der Waals surface area contributed by atoms with Crippen molar-refractivity contribution >= 4 is 6.09 Å². The first-order valence-corrected chi connectivity index (χ1v) is 8.10. The quantitative estimate of drug-likeness (QED) is 0.805. The van der Waals surface area contributed by atoms with Gasteiger partial charge in [-0.15, -0.1) is 0 Å². The van der Waals surface area contributed by atoms with Gasteiger partial charge in [0, 0.05) is 12.5 Å². The van der Waals surface area contributed by atoms with Gasteiger partial charge >= 0.3 is 6.09 Å². The van der Waals surface area contributed by atoms with E-state index in [4.69, 9.17) is 10.5 Å². The van der Waals surface area contributed by atoms with Gasteiger partial charge in [0.15, 0.2) is 0 Å². The number of unbranched alkanes of at least 4 members (excludes halogenated alkanes) is 1. The third kappa shape index (κ3) is 3.37. The molecule has 0 radical (unpaired) electrons. The number of carbonyl (C=O) groups is 1. The summed E-state index contributed by atoms with van der Waals surface area (Å²) < 4.78 is 5.44. The highest BCUT2D eigenvalue weighted by atomic mass is 16.5. The summed E-state index contributed by atoms with van der Waals surface area (Å²) in [6.45, 7) is 1.61. The Labute approximate surface area is 136 Å². The minimum absolute atomic E-state index is 0.109. The number of carbonyl (C=O) groups excluding carboxylic acids is 1. The fourth-order valence-corrected chi connectivity index (χ4v) is 3.11. The van der Waals surface area contributed by atoms with Crippen LogP contribution in [0.3, 0.4) is 0 Å². The number of hydrogen-bond acceptors (Lipinski definition) is 3. The summed E-state index contributed by atoms with van der Waals surface area (Å²) in [5.41, 5.74) is 10.4. The molecule has 2 aromatic carbocycles. The third-order valence-electron chi connectivity index (χ3n) is 4.24. The van der Waals surface area contributed by atoms with E-state index in [1.54, 1.807) is 0 Å². The lowest BCUT2D eigenvalue weighted by atomic mass is 9.98. The summed E-state index contributed by atoms with van der Waals surface area (Å²) >= 11 is 0. The number of hydrogen-bond donors (Lipinski definition) is 2. The molecule has 23 heavy (non-hydrogen) atoms. The van der Waals surface area contributed by atoms with Crippen LogP contribution in [0.4, 0.5) is 4.79 Å². The maximum Gasteiger partial charge on any atom is 0.407 e. The molecule has 120 valence electrons. The molecular weight excluding hydrogens is 288 g/mol. The van der Waals surface area contributed by atoms with E-state index in [9.17, 15) is 4.79 Å². The molecule has 3 N–H and O–H groups in total. The van der Waals surface area contributed by atoms with Crippen molar-refractivity contribution in [3.63, 3.8) is 0 Å². The Morgan fingerprint density at radius 1 is 1.00 bits per heavy atom. The highest BCUT2D eigenvalue weighted by molar-refractivity contribution is 5.79. The van der Waals surface area contributed by atoms with Crippen LogP contribution < -0.4 is 11.1 Å². The smallest absolute Gasteiger partial charge is 0.407 e. The van der Waals surface area contributed by atoms with Crippen molar-refractivity contribution in [2.75, 3.05) is 19.7 Å². The van der Waals surface area contributed by atoms with Crippen LogP contribution in [0.25, 0.3) is 11.1 Å². The van der Waals surface area contributed by atoms with Crippen LogP contribution in [0, 0.1) is 0 Å². The second-order valence-electron chi connectivity index (χ2n) is 5.75. The predicted octanol–water partition coefficient (Wildman–Crippen LogP) is 3.26. The van der Waals surface area contributed by atoms with Crippen LogP contribution >= 0.6 is 0 Å². The number of nitrogens with one attached hydrogen (secondary N) is 1. The maximum atomic E-state index is 11.8. The minimum Gasteiger partial charge on any atom is -0.449 e. The van der Waals surface area contributed by atoms with Crippen LogP contribution in [-0.4, -0.2) is 25.8 Å². The standard InChI is InChI=1S/C19H22N2O2/c20-11-5-6-12-21-19(22)23-13-18-16-9-3-1-7-14(16)15-8-2-4-10-17(15)18/h1-4,7-10,18H,5-6,11-13,20H2,(H,21,22). The van der Waals surface area contributed by atoms with E-state index in [2.05, 4.69) is 29.6 Å². The van der Waals surface area contributed by atoms with Crippen molar-refractivity contribution in [2.45, 2.75) is 18.8 Å². The van der Waals surface area contributed by atoms with Crippen molar-refractivity contribution in [3.05, 3.63) is 59.7 Å². The van der Waals surface area contributed by atoms with Gasteiger partial charge < -0.3 is 15.8 Å². The largest absolute Gasteiger partial charge is 0.449 e. The van der Waals surface area contributed by atoms with Crippen LogP contribution in [0.2, 0.25) is 0 Å². The van der Waals surface area contributed by atoms with Crippen molar-refractivity contribution < 1.29 is 9.53 Å². The average Bonchev–Trinajstić information content (AvgIpc) is 2.91. The zero-order valence-corrected chi connectivity index (χ0v) is 13.1. The van der Waals surface area contributed by atoms with Gasteiger partial charge in [0.25, 0.3) is 0 Å². The monoisotopic (exact) mass is 310 g/mol. The zero-order valence-electron chi connectivity index (χ0n) is 13.1. The maximum absolute atomic E-state index is 11.8. The molecule has 3 rings (SSSR count). The Bertz CT molecular complexity index is 639. The molecule has 0 saturated heterocycles. The first-order valence-electron chi connectivity index (χ1n) is 8.10. The van der Waals surface area contributed by atoms with E-state index in [1.165, 1.54) is 22.3 Å². The summed E-state index contributed by atoms with van der Waals surface area (Å²) in [7, 11) is 0. The molecule has 1 aliphatic carbocycles. The van der Waals surface area contributed by atoms with Crippen LogP contribution in [-0.2, 0) is 4.74 Å². The summed E-state index contributed by atoms with van der Waals surface area (Å²) in [6, 6.07) is 16.6. The lowest BCUT2D eigenvalue weighted by molar-refractivity contribution is 0.143. The Balaban J connectivity index is 1.65. The molecule has 0 spiro atoms. The lowest BCUT2D eigenvalue weighted by Crippen LogP contribution is -2.27. The van der Waals surface area contributed by atoms with Crippen molar-refractivity contribution in [2.24, 2.45) is 5.73 Å². The average molecular weight is 310 g/mol. The fourth-order valence-electron chi connectivity index (χ4n) is 3.11. The van der Waals surface area contributed by atoms with Crippen LogP contribution in [0.1, 0.15) is 29.9 Å². The molecule has 0 heterocycles. The van der Waals surface area contributed by atoms with E-state index in [1.807, 2.05) is 24.3 Å². The Morgan fingerprint density at radius 3 is 2.22 bits per heavy atom. The second kappa shape index (κ2) is 7.29. The van der Waals surface area contributed by atoms with Gasteiger partial charge in [-0.3, -0.25) is 0 Å². The highest BCUT2D eigenvalue weighted by Crippen LogP contribution is 2.44. The van der Waals surface area contributed by atoms with E-state index >= 15 is 0 Å². The number of ether oxygens (including phenoxy) is 1. The molecule has 0 bridgehead atoms. The Morgan fingerprint density at radius 2 is 1.61 bits per heavy atom. The predicted molar refractivity (Wildman–Crippen MR) is 91.4 cm³/mol. The van der Waals surface area contributed by atoms with E-state index in [-0.39, 0.29) is 12.0 Å². The molecule has 4 heteroatoms. The topological polar surface area (TPSA) is 64.3 Å². The molecule has 0 fully saturated rings. The minimum atomic E-state index is -0.358. The molecule has 0 saturated carbocycles. The van der Waals surface area contributed by atoms with Crippen molar-refractivity contribution in [1.29, 1.82) is 0 Å². The van der Waals surface area contributed by atoms with Gasteiger partial charge in [0.2, 0.25) is 0 Å². The van der Waals surface area contributed by atoms with Gasteiger partial charge in [0.1, 0.15) is 6.61 Å². The molecular formula is C19H22N2O2. The number of alkyl carbamates (subject to hydrolysis) is 1. The van der Waals surface area contributed by atoms with Gasteiger partial charge in [-0.1, -0.05) is 48.5 Å². The van der Waals surface area contributed by atoms with Gasteiger partial charge in [-0.25, -0.2) is 4.79 Å². The molecule has 0 unspecified atom stereocenters. The number of amides is 1. The SMILES string of the molecule is NCCCCNC(=O)OCC1c2ccccc2-c2ccccc21. The summed E-state index contributed by atoms with van der Waals surface area (Å²) in [5, 5.41) is 2.77. The Hall–Kier alpha value is -2.33. The Kier molecular flexibility index (Phi) is 4.93. The van der Waals surface area contributed by atoms with Gasteiger partial charge in [-0.05, 0) is 41.6 Å². The summed E-state index contributed by atoms with van der Waals surface area (Å²) in [4.78, 5) is 11.8. The number of nitrogens with two attached hydrogens (primary N) is 1. The van der Waals surface area contributed by atoms with E-state index in [0.717, 1.165) is 12.8 Å². The molecule has 2 aromatic rings. The third-order valence-corrected chi connectivity index (χ3v) is 4.24.